The van der Waals surface area contributed by atoms with E-state index in [1.807, 2.05) is 0 Å². The van der Waals surface area contributed by atoms with Crippen molar-refractivity contribution in [2.24, 2.45) is 0 Å². The van der Waals surface area contributed by atoms with Crippen molar-refractivity contribution in [1.82, 2.24) is 5.32 Å². The number of alkyl halides is 3. The van der Waals surface area contributed by atoms with Crippen LogP contribution in [0.3, 0.4) is 0 Å². The highest BCUT2D eigenvalue weighted by Gasteiger charge is 2.32. The van der Waals surface area contributed by atoms with E-state index in [1.165, 1.54) is 14.0 Å². The third kappa shape index (κ3) is 5.58. The normalized spacial score (nSPS) is 16.1. The lowest BCUT2D eigenvalue weighted by atomic mass is 10.1. The molecule has 0 heterocycles. The standard InChI is InChI=1S/C8H14F3NO3/c1-7(12-2,6(13)14)5-15-4-3-8(9,10)11/h12H,3-5H2,1-2H3,(H,13,14). The minimum Gasteiger partial charge on any atom is -0.480 e. The van der Waals surface area contributed by atoms with E-state index in [2.05, 4.69) is 10.1 Å². The van der Waals surface area contributed by atoms with Gasteiger partial charge in [0, 0.05) is 0 Å². The molecule has 1 unspecified atom stereocenters. The van der Waals surface area contributed by atoms with Crippen molar-refractivity contribution in [3.63, 3.8) is 0 Å². The van der Waals surface area contributed by atoms with Crippen molar-refractivity contribution in [2.75, 3.05) is 20.3 Å². The van der Waals surface area contributed by atoms with Gasteiger partial charge in [0.2, 0.25) is 0 Å². The van der Waals surface area contributed by atoms with Crippen LogP contribution in [0.2, 0.25) is 0 Å². The number of aliphatic carboxylic acids is 1. The molecule has 90 valence electrons. The molecule has 0 aromatic rings. The summed E-state index contributed by atoms with van der Waals surface area (Å²) < 4.78 is 39.8. The smallest absolute Gasteiger partial charge is 0.391 e. The second kappa shape index (κ2) is 5.32. The van der Waals surface area contributed by atoms with Gasteiger partial charge in [-0.05, 0) is 14.0 Å². The fourth-order valence-electron chi connectivity index (χ4n) is 0.705. The summed E-state index contributed by atoms with van der Waals surface area (Å²) in [5, 5.41) is 11.2. The van der Waals surface area contributed by atoms with Crippen molar-refractivity contribution < 1.29 is 27.8 Å². The predicted molar refractivity (Wildman–Crippen MR) is 46.6 cm³/mol. The maximum atomic E-state index is 11.7. The molecule has 7 heteroatoms. The molecule has 0 amide bonds. The Hall–Kier alpha value is -0.820. The summed E-state index contributed by atoms with van der Waals surface area (Å²) in [5.74, 6) is -1.17. The third-order valence-corrected chi connectivity index (χ3v) is 1.94. The summed E-state index contributed by atoms with van der Waals surface area (Å²) in [6, 6.07) is 0. The highest BCUT2D eigenvalue weighted by atomic mass is 19.4. The molecule has 0 aromatic heterocycles. The lowest BCUT2D eigenvalue weighted by molar-refractivity contribution is -0.152. The number of carbonyl (C=O) groups is 1. The van der Waals surface area contributed by atoms with Crippen molar-refractivity contribution >= 4 is 5.97 Å². The average Bonchev–Trinajstić information content (AvgIpc) is 2.10. The van der Waals surface area contributed by atoms with E-state index in [4.69, 9.17) is 5.11 Å². The highest BCUT2D eigenvalue weighted by Crippen LogP contribution is 2.19. The van der Waals surface area contributed by atoms with Crippen LogP contribution in [-0.4, -0.2) is 43.1 Å². The minimum absolute atomic E-state index is 0.311. The second-order valence-corrected chi connectivity index (χ2v) is 3.31. The molecule has 0 fully saturated rings. The zero-order valence-electron chi connectivity index (χ0n) is 8.52. The molecule has 0 radical (unpaired) electrons. The van der Waals surface area contributed by atoms with Gasteiger partial charge in [-0.1, -0.05) is 0 Å². The first-order chi connectivity index (χ1) is 6.71. The first kappa shape index (κ1) is 14.2. The van der Waals surface area contributed by atoms with Gasteiger partial charge in [-0.15, -0.1) is 0 Å². The zero-order valence-corrected chi connectivity index (χ0v) is 8.52. The lowest BCUT2D eigenvalue weighted by Crippen LogP contribution is -2.51. The van der Waals surface area contributed by atoms with Crippen LogP contribution in [0.25, 0.3) is 0 Å². The Balaban J connectivity index is 3.89. The summed E-state index contributed by atoms with van der Waals surface area (Å²) >= 11 is 0. The van der Waals surface area contributed by atoms with E-state index in [0.29, 0.717) is 0 Å². The van der Waals surface area contributed by atoms with Crippen LogP contribution in [0, 0.1) is 0 Å². The van der Waals surface area contributed by atoms with Gasteiger partial charge in [0.05, 0.1) is 19.6 Å². The van der Waals surface area contributed by atoms with Crippen molar-refractivity contribution in [3.05, 3.63) is 0 Å². The van der Waals surface area contributed by atoms with Crippen molar-refractivity contribution in [1.29, 1.82) is 0 Å². The number of carboxylic acids is 1. The average molecular weight is 229 g/mol. The maximum Gasteiger partial charge on any atom is 0.391 e. The van der Waals surface area contributed by atoms with Gasteiger partial charge in [0.25, 0.3) is 0 Å². The van der Waals surface area contributed by atoms with Crippen LogP contribution in [0.4, 0.5) is 13.2 Å². The van der Waals surface area contributed by atoms with E-state index in [0.717, 1.165) is 0 Å². The molecule has 0 aliphatic heterocycles. The van der Waals surface area contributed by atoms with Crippen molar-refractivity contribution in [2.45, 2.75) is 25.1 Å². The summed E-state index contributed by atoms with van der Waals surface area (Å²) in [6.07, 6.45) is -5.36. The molecular weight excluding hydrogens is 215 g/mol. The number of ether oxygens (including phenoxy) is 1. The Bertz CT molecular complexity index is 220. The van der Waals surface area contributed by atoms with Gasteiger partial charge in [-0.2, -0.15) is 13.2 Å². The Morgan fingerprint density at radius 2 is 2.00 bits per heavy atom. The second-order valence-electron chi connectivity index (χ2n) is 3.31. The molecule has 0 aliphatic carbocycles. The van der Waals surface area contributed by atoms with E-state index in [-0.39, 0.29) is 6.61 Å². The van der Waals surface area contributed by atoms with Gasteiger partial charge >= 0.3 is 12.1 Å². The van der Waals surface area contributed by atoms with E-state index >= 15 is 0 Å². The third-order valence-electron chi connectivity index (χ3n) is 1.94. The molecule has 2 N–H and O–H groups in total. The van der Waals surface area contributed by atoms with Crippen LogP contribution in [0.15, 0.2) is 0 Å². The predicted octanol–water partition coefficient (Wildman–Crippen LogP) is 1.02. The van der Waals surface area contributed by atoms with Gasteiger partial charge in [0.1, 0.15) is 5.54 Å². The number of carboxylic acid groups (broad SMARTS) is 1. The summed E-state index contributed by atoms with van der Waals surface area (Å²) in [4.78, 5) is 10.7. The Morgan fingerprint density at radius 1 is 1.47 bits per heavy atom. The maximum absolute atomic E-state index is 11.7. The zero-order chi connectivity index (χ0) is 12.1. The summed E-state index contributed by atoms with van der Waals surface area (Å²) in [7, 11) is 1.40. The summed E-state index contributed by atoms with van der Waals surface area (Å²) in [5.41, 5.74) is -1.36. The molecule has 0 saturated heterocycles. The molecule has 0 saturated carbocycles. The van der Waals surface area contributed by atoms with Gasteiger partial charge in [-0.3, -0.25) is 4.79 Å². The quantitative estimate of drug-likeness (QED) is 0.667. The first-order valence-electron chi connectivity index (χ1n) is 4.28. The topological polar surface area (TPSA) is 58.6 Å². The van der Waals surface area contributed by atoms with Crippen molar-refractivity contribution in [3.8, 4) is 0 Å². The van der Waals surface area contributed by atoms with Gasteiger partial charge in [-0.25, -0.2) is 0 Å². The number of hydrogen-bond acceptors (Lipinski definition) is 3. The monoisotopic (exact) mass is 229 g/mol. The van der Waals surface area contributed by atoms with Gasteiger partial charge in [0.15, 0.2) is 0 Å². The molecule has 0 spiro atoms. The number of hydrogen-bond donors (Lipinski definition) is 2. The lowest BCUT2D eigenvalue weighted by Gasteiger charge is -2.23. The molecule has 0 aliphatic rings. The Labute approximate surface area is 85.4 Å². The Morgan fingerprint density at radius 3 is 2.33 bits per heavy atom. The van der Waals surface area contributed by atoms with E-state index < -0.39 is 30.7 Å². The molecule has 4 nitrogen and oxygen atoms in total. The minimum atomic E-state index is -4.28. The van der Waals surface area contributed by atoms with Crippen LogP contribution in [0.5, 0.6) is 0 Å². The van der Waals surface area contributed by atoms with Crippen LogP contribution >= 0.6 is 0 Å². The van der Waals surface area contributed by atoms with Gasteiger partial charge < -0.3 is 15.2 Å². The number of halogens is 3. The van der Waals surface area contributed by atoms with Crippen LogP contribution in [0.1, 0.15) is 13.3 Å². The molecular formula is C8H14F3NO3. The molecule has 0 aromatic carbocycles. The number of nitrogens with one attached hydrogen (secondary N) is 1. The summed E-state index contributed by atoms with van der Waals surface area (Å²) in [6.45, 7) is 0.492. The number of likely N-dealkylation sites (N-methyl/N-ethyl adjacent to an activating group) is 1. The van der Waals surface area contributed by atoms with Crippen LogP contribution < -0.4 is 5.32 Å². The SMILES string of the molecule is CNC(C)(COCCC(F)(F)F)C(=O)O. The van der Waals surface area contributed by atoms with E-state index in [1.54, 1.807) is 0 Å². The Kier molecular flexibility index (Phi) is 5.02. The van der Waals surface area contributed by atoms with Crippen LogP contribution in [-0.2, 0) is 9.53 Å². The number of rotatable bonds is 6. The molecule has 1 atom stereocenters. The molecule has 15 heavy (non-hydrogen) atoms. The fourth-order valence-corrected chi connectivity index (χ4v) is 0.705. The largest absolute Gasteiger partial charge is 0.480 e. The fraction of sp³-hybridized carbons (Fsp3) is 0.875. The molecule has 0 rings (SSSR count). The highest BCUT2D eigenvalue weighted by molar-refractivity contribution is 5.78. The molecule has 0 bridgehead atoms. The first-order valence-corrected chi connectivity index (χ1v) is 4.28. The van der Waals surface area contributed by atoms with E-state index in [9.17, 15) is 18.0 Å².